The standard InChI is InChI=1S/C24H33FN4O3/c1-5-21-20(15-27-29(21)19-10-8-18(25)9-11-19)22(30)26-13-12-17-7-6-14-28(16-17)23(31)32-24(2,3)4/h8-11,15,17H,5-7,12-14,16H2,1-4H3,(H,26,30). The number of hydrogen-bond acceptors (Lipinski definition) is 4. The van der Waals surface area contributed by atoms with Crippen molar-refractivity contribution in [3.05, 3.63) is 47.5 Å². The van der Waals surface area contributed by atoms with Crippen LogP contribution in [0.25, 0.3) is 5.69 Å². The Bertz CT molecular complexity index is 934. The zero-order valence-electron chi connectivity index (χ0n) is 19.4. The van der Waals surface area contributed by atoms with Gasteiger partial charge in [-0.05, 0) is 76.6 Å². The molecule has 1 aliphatic heterocycles. The highest BCUT2D eigenvalue weighted by Crippen LogP contribution is 2.22. The first-order chi connectivity index (χ1) is 15.2. The quantitative estimate of drug-likeness (QED) is 0.719. The summed E-state index contributed by atoms with van der Waals surface area (Å²) in [6.07, 6.45) is 4.65. The van der Waals surface area contributed by atoms with Gasteiger partial charge in [-0.15, -0.1) is 0 Å². The van der Waals surface area contributed by atoms with E-state index in [2.05, 4.69) is 10.4 Å². The molecule has 2 aromatic rings. The molecule has 0 bridgehead atoms. The van der Waals surface area contributed by atoms with E-state index in [-0.39, 0.29) is 17.8 Å². The fourth-order valence-electron chi connectivity index (χ4n) is 3.99. The number of rotatable bonds is 6. The number of nitrogens with one attached hydrogen (secondary N) is 1. The van der Waals surface area contributed by atoms with Gasteiger partial charge in [0.2, 0.25) is 0 Å². The predicted octanol–water partition coefficient (Wildman–Crippen LogP) is 4.34. The Morgan fingerprint density at radius 1 is 1.25 bits per heavy atom. The lowest BCUT2D eigenvalue weighted by Gasteiger charge is -2.34. The molecule has 8 heteroatoms. The fraction of sp³-hybridized carbons (Fsp3) is 0.542. The Balaban J connectivity index is 1.55. The monoisotopic (exact) mass is 444 g/mol. The van der Waals surface area contributed by atoms with Crippen molar-refractivity contribution in [2.45, 2.75) is 59.0 Å². The largest absolute Gasteiger partial charge is 0.444 e. The smallest absolute Gasteiger partial charge is 0.410 e. The summed E-state index contributed by atoms with van der Waals surface area (Å²) in [5, 5.41) is 7.33. The summed E-state index contributed by atoms with van der Waals surface area (Å²) in [7, 11) is 0. The van der Waals surface area contributed by atoms with Gasteiger partial charge in [0.05, 0.1) is 23.1 Å². The van der Waals surface area contributed by atoms with Crippen LogP contribution in [-0.2, 0) is 11.2 Å². The van der Waals surface area contributed by atoms with Crippen LogP contribution >= 0.6 is 0 Å². The average molecular weight is 445 g/mol. The van der Waals surface area contributed by atoms with Crippen molar-refractivity contribution in [2.24, 2.45) is 5.92 Å². The van der Waals surface area contributed by atoms with Crippen LogP contribution in [-0.4, -0.2) is 51.9 Å². The highest BCUT2D eigenvalue weighted by atomic mass is 19.1. The molecule has 0 aliphatic carbocycles. The molecule has 1 saturated heterocycles. The third-order valence-electron chi connectivity index (χ3n) is 5.53. The van der Waals surface area contributed by atoms with Crippen LogP contribution in [0.1, 0.15) is 63.0 Å². The average Bonchev–Trinajstić information content (AvgIpc) is 3.17. The van der Waals surface area contributed by atoms with E-state index in [1.807, 2.05) is 27.7 Å². The fourth-order valence-corrected chi connectivity index (χ4v) is 3.99. The van der Waals surface area contributed by atoms with Crippen molar-refractivity contribution in [3.8, 4) is 5.69 Å². The molecule has 2 amide bonds. The molecule has 1 unspecified atom stereocenters. The lowest BCUT2D eigenvalue weighted by molar-refractivity contribution is 0.0161. The van der Waals surface area contributed by atoms with Gasteiger partial charge in [0, 0.05) is 19.6 Å². The minimum absolute atomic E-state index is 0.171. The van der Waals surface area contributed by atoms with E-state index in [0.717, 1.165) is 25.0 Å². The van der Waals surface area contributed by atoms with Gasteiger partial charge in [-0.3, -0.25) is 4.79 Å². The first-order valence-electron chi connectivity index (χ1n) is 11.3. The van der Waals surface area contributed by atoms with E-state index in [1.165, 1.54) is 12.1 Å². The van der Waals surface area contributed by atoms with Gasteiger partial charge < -0.3 is 15.0 Å². The molecule has 3 rings (SSSR count). The molecule has 0 radical (unpaired) electrons. The summed E-state index contributed by atoms with van der Waals surface area (Å²) in [4.78, 5) is 26.9. The predicted molar refractivity (Wildman–Crippen MR) is 120 cm³/mol. The zero-order valence-corrected chi connectivity index (χ0v) is 19.4. The number of carbonyl (C=O) groups excluding carboxylic acids is 2. The van der Waals surface area contributed by atoms with E-state index in [9.17, 15) is 14.0 Å². The third kappa shape index (κ3) is 6.08. The van der Waals surface area contributed by atoms with Crippen molar-refractivity contribution >= 4 is 12.0 Å². The van der Waals surface area contributed by atoms with Crippen LogP contribution in [0.2, 0.25) is 0 Å². The number of amides is 2. The second-order valence-corrected chi connectivity index (χ2v) is 9.23. The summed E-state index contributed by atoms with van der Waals surface area (Å²) in [5.41, 5.74) is 1.51. The summed E-state index contributed by atoms with van der Waals surface area (Å²) < 4.78 is 20.4. The van der Waals surface area contributed by atoms with Gasteiger partial charge in [0.15, 0.2) is 0 Å². The number of nitrogens with zero attached hydrogens (tertiary/aromatic N) is 3. The molecule has 1 aliphatic rings. The van der Waals surface area contributed by atoms with Crippen molar-refractivity contribution in [2.75, 3.05) is 19.6 Å². The molecule has 1 atom stereocenters. The molecule has 7 nitrogen and oxygen atoms in total. The van der Waals surface area contributed by atoms with E-state index in [1.54, 1.807) is 27.9 Å². The van der Waals surface area contributed by atoms with Gasteiger partial charge in [-0.2, -0.15) is 5.10 Å². The SMILES string of the molecule is CCc1c(C(=O)NCCC2CCCN(C(=O)OC(C)(C)C)C2)cnn1-c1ccc(F)cc1. The Morgan fingerprint density at radius 3 is 2.62 bits per heavy atom. The first kappa shape index (κ1) is 23.8. The minimum Gasteiger partial charge on any atom is -0.444 e. The van der Waals surface area contributed by atoms with Gasteiger partial charge >= 0.3 is 6.09 Å². The highest BCUT2D eigenvalue weighted by Gasteiger charge is 2.27. The number of hydrogen-bond donors (Lipinski definition) is 1. The Kier molecular flexibility index (Phi) is 7.53. The minimum atomic E-state index is -0.507. The Labute approximate surface area is 188 Å². The summed E-state index contributed by atoms with van der Waals surface area (Å²) in [6.45, 7) is 9.44. The van der Waals surface area contributed by atoms with E-state index in [0.29, 0.717) is 43.2 Å². The molecule has 0 saturated carbocycles. The lowest BCUT2D eigenvalue weighted by Crippen LogP contribution is -2.43. The van der Waals surface area contributed by atoms with Crippen LogP contribution in [0.4, 0.5) is 9.18 Å². The topological polar surface area (TPSA) is 76.5 Å². The first-order valence-corrected chi connectivity index (χ1v) is 11.3. The Morgan fingerprint density at radius 2 is 1.97 bits per heavy atom. The molecular weight excluding hydrogens is 411 g/mol. The molecule has 0 spiro atoms. The number of ether oxygens (including phenoxy) is 1. The zero-order chi connectivity index (χ0) is 23.3. The molecule has 2 heterocycles. The van der Waals surface area contributed by atoms with Crippen LogP contribution in [0.3, 0.4) is 0 Å². The Hall–Kier alpha value is -2.90. The third-order valence-corrected chi connectivity index (χ3v) is 5.53. The number of likely N-dealkylation sites (tertiary alicyclic amines) is 1. The summed E-state index contributed by atoms with van der Waals surface area (Å²) in [5.74, 6) is -0.163. The van der Waals surface area contributed by atoms with Crippen molar-refractivity contribution in [1.82, 2.24) is 20.0 Å². The number of aromatic nitrogens is 2. The van der Waals surface area contributed by atoms with Gasteiger partial charge in [-0.25, -0.2) is 13.9 Å². The number of benzene rings is 1. The van der Waals surface area contributed by atoms with Crippen molar-refractivity contribution in [3.63, 3.8) is 0 Å². The van der Waals surface area contributed by atoms with Crippen LogP contribution in [0.5, 0.6) is 0 Å². The number of halogens is 1. The van der Waals surface area contributed by atoms with Crippen molar-refractivity contribution in [1.29, 1.82) is 0 Å². The van der Waals surface area contributed by atoms with Crippen LogP contribution < -0.4 is 5.32 Å². The van der Waals surface area contributed by atoms with E-state index >= 15 is 0 Å². The molecular formula is C24H33FN4O3. The van der Waals surface area contributed by atoms with E-state index in [4.69, 9.17) is 4.74 Å². The van der Waals surface area contributed by atoms with Crippen LogP contribution in [0, 0.1) is 11.7 Å². The van der Waals surface area contributed by atoms with Gasteiger partial charge in [0.25, 0.3) is 5.91 Å². The van der Waals surface area contributed by atoms with Gasteiger partial charge in [-0.1, -0.05) is 6.92 Å². The number of carbonyl (C=O) groups is 2. The second-order valence-electron chi connectivity index (χ2n) is 9.23. The normalized spacial score (nSPS) is 16.7. The molecule has 32 heavy (non-hydrogen) atoms. The molecule has 1 aromatic carbocycles. The molecule has 174 valence electrons. The maximum Gasteiger partial charge on any atom is 0.410 e. The van der Waals surface area contributed by atoms with Crippen LogP contribution in [0.15, 0.2) is 30.5 Å². The van der Waals surface area contributed by atoms with Gasteiger partial charge in [0.1, 0.15) is 11.4 Å². The maximum atomic E-state index is 13.2. The number of piperidine rings is 1. The summed E-state index contributed by atoms with van der Waals surface area (Å²) in [6, 6.07) is 6.03. The van der Waals surface area contributed by atoms with E-state index < -0.39 is 5.60 Å². The molecule has 1 N–H and O–H groups in total. The lowest BCUT2D eigenvalue weighted by atomic mass is 9.95. The highest BCUT2D eigenvalue weighted by molar-refractivity contribution is 5.95. The van der Waals surface area contributed by atoms with Crippen molar-refractivity contribution < 1.29 is 18.7 Å². The second kappa shape index (κ2) is 10.1. The summed E-state index contributed by atoms with van der Waals surface area (Å²) >= 11 is 0. The molecule has 1 aromatic heterocycles. The molecule has 1 fully saturated rings. The maximum absolute atomic E-state index is 13.2.